The molecule has 1 nitrogen and oxygen atoms in total. The van der Waals surface area contributed by atoms with Crippen LogP contribution in [0.3, 0.4) is 0 Å². The topological polar surface area (TPSA) is 12.0 Å². The summed E-state index contributed by atoms with van der Waals surface area (Å²) >= 11 is 4.42. The maximum absolute atomic E-state index is 4.42. The minimum atomic E-state index is 0.514. The molecule has 0 radical (unpaired) electrons. The third-order valence-corrected chi connectivity index (χ3v) is 2.42. The molecule has 0 saturated carbocycles. The summed E-state index contributed by atoms with van der Waals surface area (Å²) in [5.41, 5.74) is 0. The number of nitrogens with one attached hydrogen (secondary N) is 1. The maximum atomic E-state index is 4.42. The number of rotatable bonds is 4. The molecule has 0 aliphatic carbocycles. The summed E-state index contributed by atoms with van der Waals surface area (Å²) in [6, 6.07) is 0.582. The predicted molar refractivity (Wildman–Crippen MR) is 46.2 cm³/mol. The van der Waals surface area contributed by atoms with E-state index in [2.05, 4.69) is 31.8 Å². The van der Waals surface area contributed by atoms with E-state index in [0.717, 1.165) is 6.42 Å². The summed E-state index contributed by atoms with van der Waals surface area (Å²) in [4.78, 5) is 0. The number of hydrogen-bond donors (Lipinski definition) is 2. The fourth-order valence-corrected chi connectivity index (χ4v) is 1.31. The molecule has 0 spiro atoms. The first-order chi connectivity index (χ1) is 4.26. The highest BCUT2D eigenvalue weighted by Gasteiger charge is 2.10. The van der Waals surface area contributed by atoms with Gasteiger partial charge in [-0.1, -0.05) is 13.8 Å². The zero-order chi connectivity index (χ0) is 7.28. The average Bonchev–Trinajstić information content (AvgIpc) is 1.90. The van der Waals surface area contributed by atoms with Crippen LogP contribution >= 0.6 is 12.6 Å². The fraction of sp³-hybridized carbons (Fsp3) is 1.00. The average molecular weight is 147 g/mol. The second-order valence-electron chi connectivity index (χ2n) is 2.28. The van der Waals surface area contributed by atoms with E-state index in [-0.39, 0.29) is 0 Å². The van der Waals surface area contributed by atoms with E-state index < -0.39 is 0 Å². The fourth-order valence-electron chi connectivity index (χ4n) is 0.953. The normalized spacial score (nSPS) is 17.3. The van der Waals surface area contributed by atoms with E-state index in [0.29, 0.717) is 11.3 Å². The highest BCUT2D eigenvalue weighted by molar-refractivity contribution is 7.81. The van der Waals surface area contributed by atoms with Gasteiger partial charge in [0.15, 0.2) is 0 Å². The van der Waals surface area contributed by atoms with Crippen LogP contribution in [0.2, 0.25) is 0 Å². The predicted octanol–water partition coefficient (Wildman–Crippen LogP) is 1.69. The van der Waals surface area contributed by atoms with Crippen molar-refractivity contribution in [3.8, 4) is 0 Å². The van der Waals surface area contributed by atoms with Crippen LogP contribution in [0.1, 0.15) is 26.7 Å². The van der Waals surface area contributed by atoms with Gasteiger partial charge in [-0.25, -0.2) is 0 Å². The molecule has 0 aromatic carbocycles. The second kappa shape index (κ2) is 5.12. The summed E-state index contributed by atoms with van der Waals surface area (Å²) in [7, 11) is 1.99. The van der Waals surface area contributed by atoms with Crippen molar-refractivity contribution in [1.82, 2.24) is 5.32 Å². The second-order valence-corrected chi connectivity index (χ2v) is 2.94. The molecule has 0 bridgehead atoms. The Labute approximate surface area is 63.6 Å². The monoisotopic (exact) mass is 147 g/mol. The van der Waals surface area contributed by atoms with Crippen LogP contribution in [-0.2, 0) is 0 Å². The molecule has 56 valence electrons. The van der Waals surface area contributed by atoms with Crippen LogP contribution in [0, 0.1) is 0 Å². The van der Waals surface area contributed by atoms with E-state index >= 15 is 0 Å². The molecule has 2 heteroatoms. The summed E-state index contributed by atoms with van der Waals surface area (Å²) in [6.45, 7) is 4.34. The molecule has 0 heterocycles. The van der Waals surface area contributed by atoms with E-state index in [4.69, 9.17) is 0 Å². The summed E-state index contributed by atoms with van der Waals surface area (Å²) in [5.74, 6) is 0. The Morgan fingerprint density at radius 3 is 2.00 bits per heavy atom. The van der Waals surface area contributed by atoms with E-state index in [1.165, 1.54) is 6.42 Å². The standard InChI is InChI=1S/C7H17NS/c1-4-6(8-3)7(9)5-2/h6-9H,4-5H2,1-3H3. The van der Waals surface area contributed by atoms with Crippen LogP contribution in [0.4, 0.5) is 0 Å². The van der Waals surface area contributed by atoms with Crippen molar-refractivity contribution in [2.75, 3.05) is 7.05 Å². The molecule has 0 saturated heterocycles. The molecule has 0 amide bonds. The minimum absolute atomic E-state index is 0.514. The third kappa shape index (κ3) is 3.11. The van der Waals surface area contributed by atoms with Crippen LogP contribution in [0.15, 0.2) is 0 Å². The van der Waals surface area contributed by atoms with Crippen molar-refractivity contribution in [3.05, 3.63) is 0 Å². The molecular formula is C7H17NS. The van der Waals surface area contributed by atoms with Gasteiger partial charge in [-0.05, 0) is 19.9 Å². The van der Waals surface area contributed by atoms with Crippen LogP contribution in [0.25, 0.3) is 0 Å². The highest BCUT2D eigenvalue weighted by atomic mass is 32.1. The molecular weight excluding hydrogens is 130 g/mol. The van der Waals surface area contributed by atoms with Gasteiger partial charge in [-0.3, -0.25) is 0 Å². The number of thiol groups is 1. The van der Waals surface area contributed by atoms with Gasteiger partial charge in [0.25, 0.3) is 0 Å². The molecule has 0 aromatic heterocycles. The lowest BCUT2D eigenvalue weighted by atomic mass is 10.1. The van der Waals surface area contributed by atoms with Gasteiger partial charge in [-0.2, -0.15) is 12.6 Å². The highest BCUT2D eigenvalue weighted by Crippen LogP contribution is 2.08. The smallest absolute Gasteiger partial charge is 0.0178 e. The van der Waals surface area contributed by atoms with Crippen molar-refractivity contribution >= 4 is 12.6 Å². The Hall–Kier alpha value is 0.310. The van der Waals surface area contributed by atoms with Crippen LogP contribution in [0.5, 0.6) is 0 Å². The largest absolute Gasteiger partial charge is 0.316 e. The zero-order valence-electron chi connectivity index (χ0n) is 6.52. The first-order valence-electron chi connectivity index (χ1n) is 3.61. The maximum Gasteiger partial charge on any atom is 0.0178 e. The van der Waals surface area contributed by atoms with E-state index in [1.807, 2.05) is 7.05 Å². The Morgan fingerprint density at radius 1 is 1.33 bits per heavy atom. The van der Waals surface area contributed by atoms with Crippen LogP contribution in [-0.4, -0.2) is 18.3 Å². The molecule has 1 N–H and O–H groups in total. The van der Waals surface area contributed by atoms with Gasteiger partial charge < -0.3 is 5.32 Å². The van der Waals surface area contributed by atoms with Crippen molar-refractivity contribution in [1.29, 1.82) is 0 Å². The summed E-state index contributed by atoms with van der Waals surface area (Å²) in [6.07, 6.45) is 2.31. The van der Waals surface area contributed by atoms with Gasteiger partial charge in [0.05, 0.1) is 0 Å². The van der Waals surface area contributed by atoms with E-state index in [1.54, 1.807) is 0 Å². The van der Waals surface area contributed by atoms with E-state index in [9.17, 15) is 0 Å². The Balaban J connectivity index is 3.50. The molecule has 0 aliphatic rings. The van der Waals surface area contributed by atoms with Crippen LogP contribution < -0.4 is 5.32 Å². The molecule has 2 unspecified atom stereocenters. The van der Waals surface area contributed by atoms with Crippen molar-refractivity contribution in [2.24, 2.45) is 0 Å². The molecule has 9 heavy (non-hydrogen) atoms. The summed E-state index contributed by atoms with van der Waals surface area (Å²) < 4.78 is 0. The van der Waals surface area contributed by atoms with Gasteiger partial charge in [0.1, 0.15) is 0 Å². The molecule has 2 atom stereocenters. The molecule has 0 rings (SSSR count). The molecule has 0 aromatic rings. The lowest BCUT2D eigenvalue weighted by Gasteiger charge is -2.19. The minimum Gasteiger partial charge on any atom is -0.316 e. The zero-order valence-corrected chi connectivity index (χ0v) is 7.41. The van der Waals surface area contributed by atoms with Crippen molar-refractivity contribution in [3.63, 3.8) is 0 Å². The number of hydrogen-bond acceptors (Lipinski definition) is 2. The van der Waals surface area contributed by atoms with Gasteiger partial charge in [0, 0.05) is 11.3 Å². The lowest BCUT2D eigenvalue weighted by Crippen LogP contribution is -2.33. The van der Waals surface area contributed by atoms with Gasteiger partial charge >= 0.3 is 0 Å². The molecule has 0 aliphatic heterocycles. The Bertz CT molecular complexity index is 61.9. The first-order valence-corrected chi connectivity index (χ1v) is 4.13. The summed E-state index contributed by atoms with van der Waals surface area (Å²) in [5, 5.41) is 3.74. The lowest BCUT2D eigenvalue weighted by molar-refractivity contribution is 0.517. The molecule has 0 fully saturated rings. The van der Waals surface area contributed by atoms with Gasteiger partial charge in [-0.15, -0.1) is 0 Å². The van der Waals surface area contributed by atoms with Gasteiger partial charge in [0.2, 0.25) is 0 Å². The quantitative estimate of drug-likeness (QED) is 0.577. The third-order valence-electron chi connectivity index (χ3n) is 1.69. The van der Waals surface area contributed by atoms with Crippen molar-refractivity contribution in [2.45, 2.75) is 38.0 Å². The Kier molecular flexibility index (Phi) is 5.30. The Morgan fingerprint density at radius 2 is 1.89 bits per heavy atom. The SMILES string of the molecule is CCC(S)C(CC)NC. The van der Waals surface area contributed by atoms with Crippen molar-refractivity contribution < 1.29 is 0 Å². The first kappa shape index (κ1) is 9.31.